The van der Waals surface area contributed by atoms with Crippen LogP contribution in [-0.4, -0.2) is 25.5 Å². The largest absolute Gasteiger partial charge is 0.371 e. The number of fused-ring (bicyclic) bond motifs is 1. The van der Waals surface area contributed by atoms with Gasteiger partial charge in [0, 0.05) is 36.9 Å². The van der Waals surface area contributed by atoms with E-state index in [1.165, 1.54) is 22.4 Å². The van der Waals surface area contributed by atoms with Crippen molar-refractivity contribution in [2.75, 3.05) is 29.4 Å². The van der Waals surface area contributed by atoms with Crippen LogP contribution in [0.25, 0.3) is 0 Å². The van der Waals surface area contributed by atoms with Gasteiger partial charge < -0.3 is 9.80 Å². The highest BCUT2D eigenvalue weighted by molar-refractivity contribution is 5.96. The number of piperidine rings is 1. The van der Waals surface area contributed by atoms with E-state index in [1.54, 1.807) is 0 Å². The van der Waals surface area contributed by atoms with Gasteiger partial charge in [-0.3, -0.25) is 4.79 Å². The van der Waals surface area contributed by atoms with Gasteiger partial charge in [-0.05, 0) is 68.4 Å². The molecule has 3 heteroatoms. The normalized spacial score (nSPS) is 17.9. The Morgan fingerprint density at radius 3 is 2.46 bits per heavy atom. The zero-order valence-electron chi connectivity index (χ0n) is 15.9. The number of benzene rings is 2. The molecule has 2 aliphatic heterocycles. The number of aryl methyl sites for hydroxylation is 2. The first kappa shape index (κ1) is 17.1. The van der Waals surface area contributed by atoms with Crippen LogP contribution in [0.2, 0.25) is 0 Å². The van der Waals surface area contributed by atoms with Crippen LogP contribution in [0.4, 0.5) is 11.4 Å². The first-order chi connectivity index (χ1) is 12.6. The standard InChI is InChI=1S/C23H28N2O/c1-17-7-5-11-21(18(17)2)24-15-12-20(13-16-24)23(26)25-14-6-9-19-8-3-4-10-22(19)25/h3-5,7-8,10-11,20H,6,9,12-16H2,1-2H3. The Bertz CT molecular complexity index is 806. The molecule has 1 fully saturated rings. The van der Waals surface area contributed by atoms with Crippen LogP contribution in [0.1, 0.15) is 36.0 Å². The van der Waals surface area contributed by atoms with E-state index in [2.05, 4.69) is 60.0 Å². The van der Waals surface area contributed by atoms with E-state index < -0.39 is 0 Å². The summed E-state index contributed by atoms with van der Waals surface area (Å²) in [6.07, 6.45) is 4.06. The van der Waals surface area contributed by atoms with Gasteiger partial charge in [0.25, 0.3) is 0 Å². The fourth-order valence-electron chi connectivity index (χ4n) is 4.43. The molecule has 0 aromatic heterocycles. The minimum atomic E-state index is 0.155. The topological polar surface area (TPSA) is 23.6 Å². The minimum Gasteiger partial charge on any atom is -0.371 e. The van der Waals surface area contributed by atoms with Gasteiger partial charge >= 0.3 is 0 Å². The van der Waals surface area contributed by atoms with Gasteiger partial charge in [-0.2, -0.15) is 0 Å². The molecule has 2 aliphatic rings. The van der Waals surface area contributed by atoms with E-state index in [0.717, 1.165) is 51.0 Å². The first-order valence-corrected chi connectivity index (χ1v) is 9.85. The van der Waals surface area contributed by atoms with Gasteiger partial charge in [0.05, 0.1) is 0 Å². The third-order valence-electron chi connectivity index (χ3n) is 6.14. The number of hydrogen-bond donors (Lipinski definition) is 0. The molecule has 3 nitrogen and oxygen atoms in total. The van der Waals surface area contributed by atoms with Crippen LogP contribution in [0, 0.1) is 19.8 Å². The minimum absolute atomic E-state index is 0.155. The van der Waals surface area contributed by atoms with Crippen LogP contribution >= 0.6 is 0 Å². The molecule has 0 saturated carbocycles. The average Bonchev–Trinajstić information content (AvgIpc) is 2.69. The second-order valence-electron chi connectivity index (χ2n) is 7.70. The Balaban J connectivity index is 1.45. The molecule has 0 radical (unpaired) electrons. The molecule has 0 atom stereocenters. The summed E-state index contributed by atoms with van der Waals surface area (Å²) in [5, 5.41) is 0. The van der Waals surface area contributed by atoms with E-state index in [4.69, 9.17) is 0 Å². The van der Waals surface area contributed by atoms with E-state index in [0.29, 0.717) is 5.91 Å². The Morgan fingerprint density at radius 1 is 0.923 bits per heavy atom. The quantitative estimate of drug-likeness (QED) is 0.798. The molecule has 2 aromatic rings. The number of rotatable bonds is 2. The van der Waals surface area contributed by atoms with Crippen LogP contribution in [0.15, 0.2) is 42.5 Å². The second kappa shape index (κ2) is 7.14. The number of para-hydroxylation sites is 1. The Kier molecular flexibility index (Phi) is 4.71. The van der Waals surface area contributed by atoms with Crippen molar-refractivity contribution in [3.63, 3.8) is 0 Å². The average molecular weight is 348 g/mol. The molecule has 0 N–H and O–H groups in total. The van der Waals surface area contributed by atoms with Crippen molar-refractivity contribution >= 4 is 17.3 Å². The lowest BCUT2D eigenvalue weighted by molar-refractivity contribution is -0.123. The fraction of sp³-hybridized carbons (Fsp3) is 0.435. The smallest absolute Gasteiger partial charge is 0.230 e. The SMILES string of the molecule is Cc1cccc(N2CCC(C(=O)N3CCCc4ccccc43)CC2)c1C. The predicted molar refractivity (Wildman–Crippen MR) is 108 cm³/mol. The van der Waals surface area contributed by atoms with Crippen molar-refractivity contribution < 1.29 is 4.79 Å². The van der Waals surface area contributed by atoms with Crippen molar-refractivity contribution in [3.8, 4) is 0 Å². The van der Waals surface area contributed by atoms with E-state index in [9.17, 15) is 4.79 Å². The maximum absolute atomic E-state index is 13.2. The van der Waals surface area contributed by atoms with Crippen LogP contribution in [-0.2, 0) is 11.2 Å². The number of amides is 1. The molecule has 4 rings (SSSR count). The first-order valence-electron chi connectivity index (χ1n) is 9.85. The molecule has 0 aliphatic carbocycles. The van der Waals surface area contributed by atoms with Gasteiger partial charge in [0.15, 0.2) is 0 Å². The molecule has 0 unspecified atom stereocenters. The maximum atomic E-state index is 13.2. The highest BCUT2D eigenvalue weighted by atomic mass is 16.2. The van der Waals surface area contributed by atoms with E-state index in [1.807, 2.05) is 6.07 Å². The Hall–Kier alpha value is -2.29. The molecule has 1 saturated heterocycles. The third kappa shape index (κ3) is 3.11. The van der Waals surface area contributed by atoms with Gasteiger partial charge in [-0.15, -0.1) is 0 Å². The van der Waals surface area contributed by atoms with Gasteiger partial charge in [-0.25, -0.2) is 0 Å². The number of hydrogen-bond acceptors (Lipinski definition) is 2. The summed E-state index contributed by atoms with van der Waals surface area (Å²) < 4.78 is 0. The van der Waals surface area contributed by atoms with Crippen molar-refractivity contribution in [2.45, 2.75) is 39.5 Å². The number of carbonyl (C=O) groups is 1. The molecular weight excluding hydrogens is 320 g/mol. The summed E-state index contributed by atoms with van der Waals surface area (Å²) in [5.41, 5.74) is 6.49. The lowest BCUT2D eigenvalue weighted by Crippen LogP contribution is -2.44. The summed E-state index contributed by atoms with van der Waals surface area (Å²) in [5.74, 6) is 0.486. The highest BCUT2D eigenvalue weighted by Gasteiger charge is 2.31. The van der Waals surface area contributed by atoms with Crippen molar-refractivity contribution in [3.05, 3.63) is 59.2 Å². The summed E-state index contributed by atoms with van der Waals surface area (Å²) in [4.78, 5) is 17.7. The predicted octanol–water partition coefficient (Wildman–Crippen LogP) is 4.50. The Labute approximate surface area is 156 Å². The number of carbonyl (C=O) groups excluding carboxylic acids is 1. The number of nitrogens with zero attached hydrogens (tertiary/aromatic N) is 2. The highest BCUT2D eigenvalue weighted by Crippen LogP contribution is 2.32. The monoisotopic (exact) mass is 348 g/mol. The molecule has 2 heterocycles. The van der Waals surface area contributed by atoms with Crippen LogP contribution in [0.5, 0.6) is 0 Å². The Morgan fingerprint density at radius 2 is 1.65 bits per heavy atom. The lowest BCUT2D eigenvalue weighted by Gasteiger charge is -2.37. The molecule has 26 heavy (non-hydrogen) atoms. The summed E-state index contributed by atoms with van der Waals surface area (Å²) in [6.45, 7) is 7.18. The maximum Gasteiger partial charge on any atom is 0.230 e. The van der Waals surface area contributed by atoms with E-state index >= 15 is 0 Å². The van der Waals surface area contributed by atoms with Crippen molar-refractivity contribution in [1.82, 2.24) is 0 Å². The fourth-order valence-corrected chi connectivity index (χ4v) is 4.43. The number of anilines is 2. The summed E-state index contributed by atoms with van der Waals surface area (Å²) >= 11 is 0. The van der Waals surface area contributed by atoms with Gasteiger partial charge in [0.1, 0.15) is 0 Å². The van der Waals surface area contributed by atoms with Crippen molar-refractivity contribution in [2.24, 2.45) is 5.92 Å². The zero-order chi connectivity index (χ0) is 18.1. The van der Waals surface area contributed by atoms with Crippen molar-refractivity contribution in [1.29, 1.82) is 0 Å². The molecular formula is C23H28N2O. The third-order valence-corrected chi connectivity index (χ3v) is 6.14. The molecule has 1 amide bonds. The molecule has 2 aromatic carbocycles. The molecule has 0 spiro atoms. The van der Waals surface area contributed by atoms with Crippen LogP contribution < -0.4 is 9.80 Å². The van der Waals surface area contributed by atoms with E-state index in [-0.39, 0.29) is 5.92 Å². The molecule has 136 valence electrons. The van der Waals surface area contributed by atoms with Crippen LogP contribution in [0.3, 0.4) is 0 Å². The second-order valence-corrected chi connectivity index (χ2v) is 7.70. The summed E-state index contributed by atoms with van der Waals surface area (Å²) in [6, 6.07) is 14.9. The lowest BCUT2D eigenvalue weighted by atomic mass is 9.92. The van der Waals surface area contributed by atoms with Gasteiger partial charge in [-0.1, -0.05) is 30.3 Å². The summed E-state index contributed by atoms with van der Waals surface area (Å²) in [7, 11) is 0. The van der Waals surface area contributed by atoms with Gasteiger partial charge in [0.2, 0.25) is 5.91 Å². The zero-order valence-corrected chi connectivity index (χ0v) is 15.9. The molecule has 0 bridgehead atoms.